The average Bonchev–Trinajstić information content (AvgIpc) is 3.56. The molecule has 5 aromatic carbocycles. The number of aromatic nitrogens is 2. The van der Waals surface area contributed by atoms with Gasteiger partial charge < -0.3 is 19.9 Å². The molecule has 7 heteroatoms. The molecule has 0 radical (unpaired) electrons. The fourth-order valence-corrected chi connectivity index (χ4v) is 8.94. The number of benzene rings is 5. The summed E-state index contributed by atoms with van der Waals surface area (Å²) in [7, 11) is -3.18. The summed E-state index contributed by atoms with van der Waals surface area (Å²) in [6.07, 6.45) is 2.69. The number of hydrogen-bond donors (Lipinski definition) is 2. The Labute approximate surface area is 277 Å². The third-order valence-electron chi connectivity index (χ3n) is 9.18. The lowest BCUT2D eigenvalue weighted by Crippen LogP contribution is -2.37. The second kappa shape index (κ2) is 11.3. The minimum absolute atomic E-state index is 0.255. The maximum Gasteiger partial charge on any atom is 0.102 e. The Kier molecular flexibility index (Phi) is 7.31. The van der Waals surface area contributed by atoms with Gasteiger partial charge in [0, 0.05) is 39.6 Å². The van der Waals surface area contributed by atoms with E-state index in [0.717, 1.165) is 34.3 Å². The summed E-state index contributed by atoms with van der Waals surface area (Å²) < 4.78 is 4.77. The average molecular weight is 646 g/mol. The van der Waals surface area contributed by atoms with Crippen molar-refractivity contribution in [1.82, 2.24) is 9.13 Å². The van der Waals surface area contributed by atoms with E-state index >= 15 is 0 Å². The van der Waals surface area contributed by atoms with Crippen molar-refractivity contribution >= 4 is 82.0 Å². The number of rotatable bonds is 7. The maximum atomic E-state index is 9.56. The molecule has 47 heavy (non-hydrogen) atoms. The fraction of sp³-hybridized carbons (Fsp3) is 0.150. The summed E-state index contributed by atoms with van der Waals surface area (Å²) in [5, 5.41) is 28.3. The second-order valence-electron chi connectivity index (χ2n) is 14.4. The molecule has 0 amide bonds. The van der Waals surface area contributed by atoms with Gasteiger partial charge in [-0.3, -0.25) is 0 Å². The molecule has 232 valence electrons. The van der Waals surface area contributed by atoms with Crippen LogP contribution in [0.3, 0.4) is 0 Å². The van der Waals surface area contributed by atoms with Gasteiger partial charge in [0.05, 0.1) is 55.2 Å². The SMILES string of the molecule is C[Si](C)(C)c1ccc2c3ccccc3n(-c3cc(N/C=C(/C#N)C=N)cc(-n4c5ccccc5c5ccc([Si](C)(C)C)cc54)c3)c2c1. The van der Waals surface area contributed by atoms with Crippen LogP contribution in [0.4, 0.5) is 5.69 Å². The number of allylic oxidation sites excluding steroid dienone is 1. The summed E-state index contributed by atoms with van der Waals surface area (Å²) in [6, 6.07) is 39.9. The Morgan fingerprint density at radius 2 is 1.06 bits per heavy atom. The molecule has 7 aromatic rings. The molecule has 2 heterocycles. The van der Waals surface area contributed by atoms with Gasteiger partial charge in [-0.25, -0.2) is 0 Å². The van der Waals surface area contributed by atoms with Crippen LogP contribution >= 0.6 is 0 Å². The fourth-order valence-electron chi connectivity index (χ4n) is 6.63. The minimum atomic E-state index is -1.59. The molecule has 0 aliphatic rings. The van der Waals surface area contributed by atoms with Crippen molar-refractivity contribution in [2.45, 2.75) is 39.3 Å². The van der Waals surface area contributed by atoms with E-state index in [-0.39, 0.29) is 5.57 Å². The summed E-state index contributed by atoms with van der Waals surface area (Å²) in [5.41, 5.74) is 7.81. The topological polar surface area (TPSA) is 69.5 Å². The first-order chi connectivity index (χ1) is 22.5. The van der Waals surface area contributed by atoms with Crippen molar-refractivity contribution in [1.29, 1.82) is 10.7 Å². The van der Waals surface area contributed by atoms with Gasteiger partial charge in [-0.05, 0) is 42.5 Å². The van der Waals surface area contributed by atoms with Crippen molar-refractivity contribution in [3.8, 4) is 17.4 Å². The van der Waals surface area contributed by atoms with E-state index in [9.17, 15) is 5.26 Å². The number of hydrogen-bond acceptors (Lipinski definition) is 3. The van der Waals surface area contributed by atoms with E-state index in [1.54, 1.807) is 6.20 Å². The van der Waals surface area contributed by atoms with E-state index in [4.69, 9.17) is 5.41 Å². The van der Waals surface area contributed by atoms with E-state index in [1.807, 2.05) is 0 Å². The molecule has 2 N–H and O–H groups in total. The Balaban J connectivity index is 1.58. The van der Waals surface area contributed by atoms with Crippen LogP contribution in [0.1, 0.15) is 0 Å². The molecule has 2 aromatic heterocycles. The molecule has 0 fully saturated rings. The van der Waals surface area contributed by atoms with Crippen molar-refractivity contribution < 1.29 is 0 Å². The molecule has 0 aliphatic heterocycles. The first kappa shape index (κ1) is 30.5. The molecular weight excluding hydrogens is 607 g/mol. The zero-order chi connectivity index (χ0) is 33.1. The molecule has 0 saturated carbocycles. The van der Waals surface area contributed by atoms with Crippen LogP contribution < -0.4 is 15.7 Å². The molecule has 0 saturated heterocycles. The first-order valence-electron chi connectivity index (χ1n) is 16.1. The lowest BCUT2D eigenvalue weighted by atomic mass is 10.1. The number of para-hydroxylation sites is 2. The van der Waals surface area contributed by atoms with E-state index in [0.29, 0.717) is 0 Å². The number of nitriles is 1. The molecular formula is C40H39N5Si2. The summed E-state index contributed by atoms with van der Waals surface area (Å²) in [4.78, 5) is 0. The highest BCUT2D eigenvalue weighted by atomic mass is 28.3. The van der Waals surface area contributed by atoms with Crippen molar-refractivity contribution in [2.75, 3.05) is 5.32 Å². The predicted molar refractivity (Wildman–Crippen MR) is 207 cm³/mol. The van der Waals surface area contributed by atoms with Gasteiger partial charge in [-0.2, -0.15) is 5.26 Å². The molecule has 7 rings (SSSR count). The monoisotopic (exact) mass is 645 g/mol. The highest BCUT2D eigenvalue weighted by Gasteiger charge is 2.22. The molecule has 0 bridgehead atoms. The van der Waals surface area contributed by atoms with Gasteiger partial charge in [0.15, 0.2) is 0 Å². The van der Waals surface area contributed by atoms with Gasteiger partial charge in [0.1, 0.15) is 6.07 Å². The quantitative estimate of drug-likeness (QED) is 0.103. The third-order valence-corrected chi connectivity index (χ3v) is 13.3. The van der Waals surface area contributed by atoms with Gasteiger partial charge in [0.25, 0.3) is 0 Å². The predicted octanol–water partition coefficient (Wildman–Crippen LogP) is 9.44. The van der Waals surface area contributed by atoms with E-state index in [2.05, 4.69) is 163 Å². The smallest absolute Gasteiger partial charge is 0.102 e. The van der Waals surface area contributed by atoms with E-state index in [1.165, 1.54) is 43.0 Å². The van der Waals surface area contributed by atoms with Crippen LogP contribution in [0.2, 0.25) is 39.3 Å². The molecule has 0 atom stereocenters. The lowest BCUT2D eigenvalue weighted by molar-refractivity contribution is 1.13. The number of nitrogens with one attached hydrogen (secondary N) is 2. The second-order valence-corrected chi connectivity index (χ2v) is 24.6. The largest absolute Gasteiger partial charge is 0.360 e. The van der Waals surface area contributed by atoms with Crippen LogP contribution in [0.15, 0.2) is 115 Å². The van der Waals surface area contributed by atoms with Crippen LogP contribution in [-0.2, 0) is 0 Å². The third kappa shape index (κ3) is 5.30. The van der Waals surface area contributed by atoms with E-state index < -0.39 is 16.1 Å². The summed E-state index contributed by atoms with van der Waals surface area (Å²) in [6.45, 7) is 14.4. The van der Waals surface area contributed by atoms with Crippen LogP contribution in [0.5, 0.6) is 0 Å². The number of nitrogens with zero attached hydrogens (tertiary/aromatic N) is 3. The van der Waals surface area contributed by atoms with Gasteiger partial charge >= 0.3 is 0 Å². The number of fused-ring (bicyclic) bond motifs is 6. The van der Waals surface area contributed by atoms with Crippen molar-refractivity contribution in [3.63, 3.8) is 0 Å². The zero-order valence-corrected chi connectivity index (χ0v) is 29.8. The maximum absolute atomic E-state index is 9.56. The van der Waals surface area contributed by atoms with Gasteiger partial charge in [-0.15, -0.1) is 0 Å². The molecule has 0 unspecified atom stereocenters. The highest BCUT2D eigenvalue weighted by molar-refractivity contribution is 6.89. The Bertz CT molecular complexity index is 2290. The lowest BCUT2D eigenvalue weighted by Gasteiger charge is -2.19. The Morgan fingerprint density at radius 1 is 0.617 bits per heavy atom. The first-order valence-corrected chi connectivity index (χ1v) is 23.1. The molecule has 5 nitrogen and oxygen atoms in total. The molecule has 0 aliphatic carbocycles. The summed E-state index contributed by atoms with van der Waals surface area (Å²) in [5.74, 6) is 0. The van der Waals surface area contributed by atoms with Gasteiger partial charge in [0.2, 0.25) is 0 Å². The highest BCUT2D eigenvalue weighted by Crippen LogP contribution is 2.37. The standard InChI is InChI=1S/C40H39N5Si2/c1-46(2,3)31-15-17-35-33-11-7-9-13-37(33)44(39(35)22-31)29-19-28(43-26-27(24-41)25-42)20-30(21-29)45-38-14-10-8-12-34(38)36-18-16-32(23-40(36)45)47(4,5)6/h7-24,26,41,43H,1-6H3/b27-26+,41-24?. The van der Waals surface area contributed by atoms with Crippen molar-refractivity contribution in [2.24, 2.45) is 0 Å². The Hall–Kier alpha value is -5.17. The normalized spacial score (nSPS) is 12.7. The van der Waals surface area contributed by atoms with Crippen LogP contribution in [0, 0.1) is 16.7 Å². The minimum Gasteiger partial charge on any atom is -0.360 e. The van der Waals surface area contributed by atoms with Gasteiger partial charge in [-0.1, -0.05) is 110 Å². The van der Waals surface area contributed by atoms with Crippen LogP contribution in [-0.4, -0.2) is 31.5 Å². The van der Waals surface area contributed by atoms with Crippen LogP contribution in [0.25, 0.3) is 55.0 Å². The number of anilines is 1. The zero-order valence-electron chi connectivity index (χ0n) is 27.8. The Morgan fingerprint density at radius 3 is 1.49 bits per heavy atom. The van der Waals surface area contributed by atoms with Crippen molar-refractivity contribution in [3.05, 3.63) is 115 Å². The molecule has 0 spiro atoms. The summed E-state index contributed by atoms with van der Waals surface area (Å²) >= 11 is 0.